The molecule has 32 heavy (non-hydrogen) atoms. The molecule has 0 aromatic heterocycles. The molecule has 0 unspecified atom stereocenters. The Kier molecular flexibility index (Phi) is 5.62. The Morgan fingerprint density at radius 2 is 1.66 bits per heavy atom. The molecule has 0 spiro atoms. The molecule has 0 saturated heterocycles. The fraction of sp³-hybridized carbons (Fsp3) is 0.167. The third-order valence-electron chi connectivity index (χ3n) is 6.05. The number of nitrogens with one attached hydrogen (secondary N) is 2. The Hall–Kier alpha value is -2.18. The summed E-state index contributed by atoms with van der Waals surface area (Å²) in [5.41, 5.74) is 3.35. The van der Waals surface area contributed by atoms with Gasteiger partial charge in [0.05, 0.1) is 21.6 Å². The molecular formula is C24H19Cl3N2O2S. The molecule has 1 heterocycles. The normalized spacial score (nSPS) is 21.5. The topological polar surface area (TPSA) is 58.2 Å². The zero-order chi connectivity index (χ0) is 22.5. The molecule has 3 aromatic rings. The molecule has 164 valence electrons. The van der Waals surface area contributed by atoms with Gasteiger partial charge in [0, 0.05) is 21.7 Å². The summed E-state index contributed by atoms with van der Waals surface area (Å²) in [6, 6.07) is 17.8. The molecule has 0 saturated carbocycles. The van der Waals surface area contributed by atoms with Crippen molar-refractivity contribution in [2.45, 2.75) is 23.3 Å². The van der Waals surface area contributed by atoms with E-state index in [0.29, 0.717) is 16.0 Å². The molecule has 2 aliphatic rings. The van der Waals surface area contributed by atoms with E-state index in [2.05, 4.69) is 22.2 Å². The van der Waals surface area contributed by atoms with Gasteiger partial charge in [-0.3, -0.25) is 4.72 Å². The van der Waals surface area contributed by atoms with E-state index < -0.39 is 10.0 Å². The van der Waals surface area contributed by atoms with Crippen LogP contribution in [0.3, 0.4) is 0 Å². The second-order valence-electron chi connectivity index (χ2n) is 8.01. The lowest BCUT2D eigenvalue weighted by Gasteiger charge is -2.37. The van der Waals surface area contributed by atoms with Gasteiger partial charge in [-0.05, 0) is 72.0 Å². The summed E-state index contributed by atoms with van der Waals surface area (Å²) in [5, 5.41) is 4.99. The van der Waals surface area contributed by atoms with Crippen molar-refractivity contribution < 1.29 is 8.42 Å². The summed E-state index contributed by atoms with van der Waals surface area (Å²) in [6.45, 7) is 0. The average Bonchev–Trinajstić information content (AvgIpc) is 3.26. The summed E-state index contributed by atoms with van der Waals surface area (Å²) in [4.78, 5) is 0.188. The minimum atomic E-state index is -3.83. The standard InChI is InChI=1S/C24H19Cl3N2O2S/c25-15-6-4-14(5-7-15)24-19-3-1-2-18(19)20-13-17(9-11-22(20)28-24)32(30,31)29-23-10-8-16(26)12-21(23)27/h1-2,4-13,18-19,24,28-29H,3H2/t18-,19+,24+/m0/s1. The third kappa shape index (κ3) is 3.99. The van der Waals surface area contributed by atoms with Gasteiger partial charge < -0.3 is 5.32 Å². The van der Waals surface area contributed by atoms with Gasteiger partial charge in [0.2, 0.25) is 0 Å². The van der Waals surface area contributed by atoms with Crippen molar-refractivity contribution in [2.75, 3.05) is 10.0 Å². The molecule has 0 fully saturated rings. The van der Waals surface area contributed by atoms with E-state index in [1.165, 1.54) is 6.07 Å². The minimum absolute atomic E-state index is 0.119. The van der Waals surface area contributed by atoms with Gasteiger partial charge in [-0.15, -0.1) is 0 Å². The van der Waals surface area contributed by atoms with E-state index in [4.69, 9.17) is 34.8 Å². The maximum atomic E-state index is 13.1. The van der Waals surface area contributed by atoms with Crippen molar-refractivity contribution in [3.05, 3.63) is 99.0 Å². The first-order chi connectivity index (χ1) is 15.3. The Morgan fingerprint density at radius 3 is 2.41 bits per heavy atom. The number of hydrogen-bond acceptors (Lipinski definition) is 3. The molecule has 3 aromatic carbocycles. The van der Waals surface area contributed by atoms with Crippen molar-refractivity contribution in [1.29, 1.82) is 0 Å². The molecule has 3 atom stereocenters. The van der Waals surface area contributed by atoms with Crippen molar-refractivity contribution in [3.63, 3.8) is 0 Å². The van der Waals surface area contributed by atoms with Crippen LogP contribution in [-0.4, -0.2) is 8.42 Å². The van der Waals surface area contributed by atoms with Crippen molar-refractivity contribution in [1.82, 2.24) is 0 Å². The summed E-state index contributed by atoms with van der Waals surface area (Å²) in [6.07, 6.45) is 5.26. The highest BCUT2D eigenvalue weighted by Gasteiger charge is 2.38. The average molecular weight is 506 g/mol. The fourth-order valence-electron chi connectivity index (χ4n) is 4.52. The van der Waals surface area contributed by atoms with Gasteiger partial charge in [-0.1, -0.05) is 59.1 Å². The lowest BCUT2D eigenvalue weighted by atomic mass is 9.77. The number of fused-ring (bicyclic) bond motifs is 3. The van der Waals surface area contributed by atoms with E-state index >= 15 is 0 Å². The monoisotopic (exact) mass is 504 g/mol. The first kappa shape index (κ1) is 21.7. The third-order valence-corrected chi connectivity index (χ3v) is 8.21. The smallest absolute Gasteiger partial charge is 0.261 e. The number of sulfonamides is 1. The van der Waals surface area contributed by atoms with E-state index in [1.807, 2.05) is 30.3 Å². The lowest BCUT2D eigenvalue weighted by Crippen LogP contribution is -2.29. The maximum absolute atomic E-state index is 13.1. The van der Waals surface area contributed by atoms with Gasteiger partial charge in [0.25, 0.3) is 10.0 Å². The van der Waals surface area contributed by atoms with Gasteiger partial charge >= 0.3 is 0 Å². The quantitative estimate of drug-likeness (QED) is 0.366. The largest absolute Gasteiger partial charge is 0.378 e. The van der Waals surface area contributed by atoms with Crippen molar-refractivity contribution in [3.8, 4) is 0 Å². The van der Waals surface area contributed by atoms with E-state index in [1.54, 1.807) is 24.3 Å². The number of rotatable bonds is 4. The zero-order valence-electron chi connectivity index (χ0n) is 16.7. The van der Waals surface area contributed by atoms with E-state index in [9.17, 15) is 8.42 Å². The van der Waals surface area contributed by atoms with Crippen LogP contribution in [0.15, 0.2) is 77.7 Å². The predicted molar refractivity (Wildman–Crippen MR) is 132 cm³/mol. The second-order valence-corrected chi connectivity index (χ2v) is 11.0. The number of halogens is 3. The Bertz CT molecular complexity index is 1320. The summed E-state index contributed by atoms with van der Waals surface area (Å²) in [7, 11) is -3.83. The minimum Gasteiger partial charge on any atom is -0.378 e. The van der Waals surface area contributed by atoms with E-state index in [0.717, 1.165) is 23.2 Å². The van der Waals surface area contributed by atoms with Crippen molar-refractivity contribution in [2.24, 2.45) is 5.92 Å². The van der Waals surface area contributed by atoms with Crippen LogP contribution in [0.1, 0.15) is 29.5 Å². The molecular weight excluding hydrogens is 487 g/mol. The molecule has 2 N–H and O–H groups in total. The second kappa shape index (κ2) is 8.31. The highest BCUT2D eigenvalue weighted by molar-refractivity contribution is 7.92. The van der Waals surface area contributed by atoms with E-state index in [-0.39, 0.29) is 27.6 Å². The summed E-state index contributed by atoms with van der Waals surface area (Å²) >= 11 is 18.1. The highest BCUT2D eigenvalue weighted by Crippen LogP contribution is 2.50. The number of anilines is 2. The Balaban J connectivity index is 1.49. The number of hydrogen-bond donors (Lipinski definition) is 2. The van der Waals surface area contributed by atoms with Crippen LogP contribution in [0, 0.1) is 5.92 Å². The molecule has 4 nitrogen and oxygen atoms in total. The fourth-order valence-corrected chi connectivity index (χ4v) is 6.27. The summed E-state index contributed by atoms with van der Waals surface area (Å²) < 4.78 is 28.7. The predicted octanol–water partition coefficient (Wildman–Crippen LogP) is 7.27. The van der Waals surface area contributed by atoms with Gasteiger partial charge in [-0.2, -0.15) is 0 Å². The van der Waals surface area contributed by atoms with Gasteiger partial charge in [0.1, 0.15) is 0 Å². The molecule has 0 radical (unpaired) electrons. The zero-order valence-corrected chi connectivity index (χ0v) is 19.8. The first-order valence-electron chi connectivity index (χ1n) is 10.1. The number of benzene rings is 3. The molecule has 5 rings (SSSR count). The first-order valence-corrected chi connectivity index (χ1v) is 12.7. The van der Waals surface area contributed by atoms with Crippen LogP contribution in [0.2, 0.25) is 15.1 Å². The van der Waals surface area contributed by atoms with Gasteiger partial charge in [0.15, 0.2) is 0 Å². The summed E-state index contributed by atoms with van der Waals surface area (Å²) in [5.74, 6) is 0.418. The maximum Gasteiger partial charge on any atom is 0.261 e. The molecule has 8 heteroatoms. The molecule has 1 aliphatic carbocycles. The van der Waals surface area contributed by atoms with Crippen molar-refractivity contribution >= 4 is 56.2 Å². The van der Waals surface area contributed by atoms with Crippen LogP contribution in [-0.2, 0) is 10.0 Å². The van der Waals surface area contributed by atoms with Crippen LogP contribution in [0.4, 0.5) is 11.4 Å². The van der Waals surface area contributed by atoms with Crippen LogP contribution < -0.4 is 10.0 Å². The Morgan fingerprint density at radius 1 is 0.906 bits per heavy atom. The SMILES string of the molecule is O=S(=O)(Nc1ccc(Cl)cc1Cl)c1ccc2c(c1)[C@H]1C=CC[C@H]1[C@@H](c1ccc(Cl)cc1)N2. The highest BCUT2D eigenvalue weighted by atomic mass is 35.5. The van der Waals surface area contributed by atoms with Gasteiger partial charge in [-0.25, -0.2) is 8.42 Å². The molecule has 0 amide bonds. The van der Waals surface area contributed by atoms with Crippen LogP contribution in [0.5, 0.6) is 0 Å². The molecule has 1 aliphatic heterocycles. The lowest BCUT2D eigenvalue weighted by molar-refractivity contribution is 0.425. The van der Waals surface area contributed by atoms with Crippen LogP contribution in [0.25, 0.3) is 0 Å². The van der Waals surface area contributed by atoms with Crippen LogP contribution >= 0.6 is 34.8 Å². The number of allylic oxidation sites excluding steroid dienone is 2. The Labute approximate surface area is 202 Å². The molecule has 0 bridgehead atoms.